The van der Waals surface area contributed by atoms with Crippen LogP contribution in [0.5, 0.6) is 11.5 Å². The molecular weight excluding hydrogens is 459 g/mol. The molecule has 34 heavy (non-hydrogen) atoms. The summed E-state index contributed by atoms with van der Waals surface area (Å²) in [6.45, 7) is 1.19. The number of nitrogens with one attached hydrogen (secondary N) is 2. The number of halogens is 2. The van der Waals surface area contributed by atoms with Crippen molar-refractivity contribution in [2.24, 2.45) is 11.7 Å². The molecule has 3 heterocycles. The Labute approximate surface area is 201 Å². The molecule has 0 radical (unpaired) electrons. The fourth-order valence-electron chi connectivity index (χ4n) is 5.04. The Bertz CT molecular complexity index is 1170. The number of piperidine rings is 1. The van der Waals surface area contributed by atoms with E-state index in [0.29, 0.717) is 24.0 Å². The highest BCUT2D eigenvalue weighted by molar-refractivity contribution is 6.33. The maximum absolute atomic E-state index is 14.0. The lowest BCUT2D eigenvalue weighted by Crippen LogP contribution is -2.67. The summed E-state index contributed by atoms with van der Waals surface area (Å²) >= 11 is 6.96. The molecule has 8 nitrogen and oxygen atoms in total. The zero-order chi connectivity index (χ0) is 23.8. The van der Waals surface area contributed by atoms with E-state index in [0.717, 1.165) is 24.0 Å². The van der Waals surface area contributed by atoms with Crippen LogP contribution in [0.15, 0.2) is 53.7 Å². The van der Waals surface area contributed by atoms with Crippen molar-refractivity contribution in [2.45, 2.75) is 31.1 Å². The van der Waals surface area contributed by atoms with Gasteiger partial charge in [0.05, 0.1) is 6.17 Å². The molecular formula is C24H24ClFN6O2. The van der Waals surface area contributed by atoms with E-state index in [1.807, 2.05) is 17.0 Å². The number of benzene rings is 2. The number of nitriles is 1. The standard InChI is InChI=1S/C24H24ClFN6O2/c25-22-19(14-7-9-16(10-8-14)34-18-6-2-1-5-17(18)26)20-21(24(33)30-29-23(20)28)32(22)15-4-3-11-31(12-15)13-27/h1-2,5-10,15,20-21,23,29H,3-4,11-12,28H2,(H,30,33)/t15-,20?,21?,23?/m1/s1. The zero-order valence-corrected chi connectivity index (χ0v) is 19.0. The number of nitrogens with zero attached hydrogens (tertiary/aromatic N) is 3. The number of likely N-dealkylation sites (tertiary alicyclic amines) is 1. The lowest BCUT2D eigenvalue weighted by atomic mass is 9.86. The molecule has 2 aromatic rings. The van der Waals surface area contributed by atoms with Gasteiger partial charge in [0.15, 0.2) is 17.8 Å². The van der Waals surface area contributed by atoms with E-state index in [9.17, 15) is 14.4 Å². The lowest BCUT2D eigenvalue weighted by molar-refractivity contribution is -0.131. The smallest absolute Gasteiger partial charge is 0.257 e. The van der Waals surface area contributed by atoms with E-state index in [-0.39, 0.29) is 17.7 Å². The molecule has 4 N–H and O–H groups in total. The molecule has 0 spiro atoms. The molecule has 2 saturated heterocycles. The second-order valence-electron chi connectivity index (χ2n) is 8.64. The van der Waals surface area contributed by atoms with Crippen LogP contribution in [0.4, 0.5) is 4.39 Å². The number of rotatable bonds is 4. The van der Waals surface area contributed by atoms with E-state index < -0.39 is 23.9 Å². The summed E-state index contributed by atoms with van der Waals surface area (Å²) in [6, 6.07) is 12.6. The molecule has 176 valence electrons. The number of fused-ring (bicyclic) bond motifs is 1. The van der Waals surface area contributed by atoms with Gasteiger partial charge in [-0.15, -0.1) is 0 Å². The van der Waals surface area contributed by atoms with Gasteiger partial charge in [0.2, 0.25) is 0 Å². The SMILES string of the molecule is N#CN1CCC[C@@H](N2C(Cl)=C(c3ccc(Oc4ccccc4F)cc3)C3C(N)NNC(=O)C32)C1. The van der Waals surface area contributed by atoms with Crippen molar-refractivity contribution in [1.29, 1.82) is 5.26 Å². The minimum atomic E-state index is -0.586. The first kappa shape index (κ1) is 22.5. The Morgan fingerprint density at radius 3 is 2.71 bits per heavy atom. The molecule has 3 aliphatic heterocycles. The van der Waals surface area contributed by atoms with E-state index >= 15 is 0 Å². The molecule has 3 unspecified atom stereocenters. The first-order chi connectivity index (χ1) is 16.5. The van der Waals surface area contributed by atoms with E-state index in [1.54, 1.807) is 35.2 Å². The summed E-state index contributed by atoms with van der Waals surface area (Å²) in [5.41, 5.74) is 13.4. The second-order valence-corrected chi connectivity index (χ2v) is 9.00. The topological polar surface area (TPSA) is 107 Å². The maximum atomic E-state index is 14.0. The number of hydrogen-bond acceptors (Lipinski definition) is 7. The molecule has 0 saturated carbocycles. The van der Waals surface area contributed by atoms with Crippen molar-refractivity contribution >= 4 is 23.1 Å². The van der Waals surface area contributed by atoms with Crippen LogP contribution in [-0.2, 0) is 4.79 Å². The van der Waals surface area contributed by atoms with E-state index in [1.165, 1.54) is 6.07 Å². The number of hydrogen-bond donors (Lipinski definition) is 3. The van der Waals surface area contributed by atoms with Crippen LogP contribution in [0.1, 0.15) is 18.4 Å². The van der Waals surface area contributed by atoms with Gasteiger partial charge < -0.3 is 20.3 Å². The number of carbonyl (C=O) groups excluding carboxylic acids is 1. The molecule has 2 fully saturated rings. The Kier molecular flexibility index (Phi) is 6.04. The Balaban J connectivity index is 1.48. The molecule has 5 rings (SSSR count). The molecule has 1 amide bonds. The highest BCUT2D eigenvalue weighted by Crippen LogP contribution is 2.46. The van der Waals surface area contributed by atoms with Gasteiger partial charge in [-0.25, -0.2) is 9.82 Å². The van der Waals surface area contributed by atoms with Crippen molar-refractivity contribution in [3.63, 3.8) is 0 Å². The average Bonchev–Trinajstić information content (AvgIpc) is 3.17. The van der Waals surface area contributed by atoms with Gasteiger partial charge in [0, 0.05) is 30.6 Å². The number of para-hydroxylation sites is 1. The fraction of sp³-hybridized carbons (Fsp3) is 0.333. The quantitative estimate of drug-likeness (QED) is 0.454. The number of hydrazine groups is 1. The molecule has 2 aromatic carbocycles. The third-order valence-corrected chi connectivity index (χ3v) is 7.00. The van der Waals surface area contributed by atoms with Crippen LogP contribution in [0.3, 0.4) is 0 Å². The van der Waals surface area contributed by atoms with Gasteiger partial charge in [-0.2, -0.15) is 5.26 Å². The first-order valence-electron chi connectivity index (χ1n) is 11.1. The third-order valence-electron chi connectivity index (χ3n) is 6.60. The summed E-state index contributed by atoms with van der Waals surface area (Å²) in [5, 5.41) is 9.85. The summed E-state index contributed by atoms with van der Waals surface area (Å²) < 4.78 is 19.6. The van der Waals surface area contributed by atoms with Crippen LogP contribution >= 0.6 is 11.6 Å². The van der Waals surface area contributed by atoms with E-state index in [4.69, 9.17) is 22.1 Å². The van der Waals surface area contributed by atoms with Gasteiger partial charge in [-0.3, -0.25) is 10.2 Å². The lowest BCUT2D eigenvalue weighted by Gasteiger charge is -2.43. The summed E-state index contributed by atoms with van der Waals surface area (Å²) in [5.74, 6) is -0.451. The minimum Gasteiger partial charge on any atom is -0.454 e. The number of ether oxygens (including phenoxy) is 1. The van der Waals surface area contributed by atoms with Gasteiger partial charge >= 0.3 is 0 Å². The summed E-state index contributed by atoms with van der Waals surface area (Å²) in [4.78, 5) is 16.6. The zero-order valence-electron chi connectivity index (χ0n) is 18.2. The van der Waals surface area contributed by atoms with Crippen LogP contribution in [0.25, 0.3) is 5.57 Å². The predicted octanol–water partition coefficient (Wildman–Crippen LogP) is 2.69. The predicted molar refractivity (Wildman–Crippen MR) is 124 cm³/mol. The number of nitrogens with two attached hydrogens (primary N) is 1. The molecule has 3 aliphatic rings. The van der Waals surface area contributed by atoms with E-state index in [2.05, 4.69) is 17.0 Å². The molecule has 0 aromatic heterocycles. The Morgan fingerprint density at radius 2 is 1.97 bits per heavy atom. The van der Waals surface area contributed by atoms with Gasteiger partial charge in [-0.1, -0.05) is 35.9 Å². The fourth-order valence-corrected chi connectivity index (χ4v) is 5.52. The van der Waals surface area contributed by atoms with Crippen LogP contribution in [0.2, 0.25) is 0 Å². The maximum Gasteiger partial charge on any atom is 0.257 e. The Morgan fingerprint density at radius 1 is 1.21 bits per heavy atom. The summed E-state index contributed by atoms with van der Waals surface area (Å²) in [7, 11) is 0. The van der Waals surface area contributed by atoms with Gasteiger partial charge in [-0.05, 0) is 42.7 Å². The van der Waals surface area contributed by atoms with Gasteiger partial charge in [0.1, 0.15) is 16.9 Å². The van der Waals surface area contributed by atoms with Gasteiger partial charge in [0.25, 0.3) is 5.91 Å². The molecule has 4 atom stereocenters. The largest absolute Gasteiger partial charge is 0.454 e. The monoisotopic (exact) mass is 482 g/mol. The second kappa shape index (κ2) is 9.14. The highest BCUT2D eigenvalue weighted by atomic mass is 35.5. The number of amides is 1. The minimum absolute atomic E-state index is 0.0920. The molecule has 0 bridgehead atoms. The third kappa shape index (κ3) is 3.94. The summed E-state index contributed by atoms with van der Waals surface area (Å²) in [6.07, 6.45) is 3.30. The highest BCUT2D eigenvalue weighted by Gasteiger charge is 2.52. The van der Waals surface area contributed by atoms with Crippen LogP contribution < -0.4 is 21.3 Å². The van der Waals surface area contributed by atoms with Crippen molar-refractivity contribution in [3.8, 4) is 17.7 Å². The first-order valence-corrected chi connectivity index (χ1v) is 11.5. The van der Waals surface area contributed by atoms with Crippen molar-refractivity contribution in [3.05, 3.63) is 65.1 Å². The van der Waals surface area contributed by atoms with Crippen molar-refractivity contribution < 1.29 is 13.9 Å². The van der Waals surface area contributed by atoms with Crippen LogP contribution in [-0.4, -0.2) is 47.0 Å². The molecule has 0 aliphatic carbocycles. The average molecular weight is 483 g/mol. The van der Waals surface area contributed by atoms with Crippen LogP contribution in [0, 0.1) is 23.2 Å². The van der Waals surface area contributed by atoms with Crippen molar-refractivity contribution in [2.75, 3.05) is 13.1 Å². The molecule has 10 heteroatoms. The number of carbonyl (C=O) groups is 1. The van der Waals surface area contributed by atoms with Crippen molar-refractivity contribution in [1.82, 2.24) is 20.7 Å². The Hall–Kier alpha value is -3.32. The normalized spacial score (nSPS) is 26.7.